The Morgan fingerprint density at radius 2 is 1.82 bits per heavy atom. The highest BCUT2D eigenvalue weighted by atomic mass is 16.3. The maximum absolute atomic E-state index is 12.8. The molecule has 0 aliphatic heterocycles. The lowest BCUT2D eigenvalue weighted by Gasteiger charge is -2.09. The molecule has 138 valence electrons. The summed E-state index contributed by atoms with van der Waals surface area (Å²) >= 11 is 0. The van der Waals surface area contributed by atoms with E-state index >= 15 is 0 Å². The Bertz CT molecular complexity index is 1170. The lowest BCUT2D eigenvalue weighted by atomic mass is 10.0. The van der Waals surface area contributed by atoms with Crippen LogP contribution in [0.1, 0.15) is 27.4 Å². The third kappa shape index (κ3) is 3.69. The number of amides is 1. The molecule has 1 amide bonds. The first-order valence-electron chi connectivity index (χ1n) is 8.97. The highest BCUT2D eigenvalue weighted by molar-refractivity contribution is 6.07. The molecule has 5 nitrogen and oxygen atoms in total. The minimum Gasteiger partial charge on any atom is -0.460 e. The number of para-hydroxylation sites is 1. The van der Waals surface area contributed by atoms with Crippen molar-refractivity contribution in [1.82, 2.24) is 10.4 Å². The standard InChI is InChI=1S/C23H19N3O2/c1-15-7-10-17(11-8-15)22-13-20(19-5-3-4-6-21(19)25-22)23(27)26-24-14-18-12-9-16(2)28-18/h3-14H,1-2H3,(H,26,27). The van der Waals surface area contributed by atoms with E-state index < -0.39 is 0 Å². The van der Waals surface area contributed by atoms with Crippen LogP contribution >= 0.6 is 0 Å². The lowest BCUT2D eigenvalue weighted by molar-refractivity contribution is 0.0956. The van der Waals surface area contributed by atoms with Gasteiger partial charge in [0.1, 0.15) is 11.5 Å². The van der Waals surface area contributed by atoms with Gasteiger partial charge in [-0.15, -0.1) is 0 Å². The van der Waals surface area contributed by atoms with Gasteiger partial charge in [-0.05, 0) is 38.1 Å². The number of carbonyl (C=O) groups excluding carboxylic acids is 1. The third-order valence-electron chi connectivity index (χ3n) is 4.43. The number of rotatable bonds is 4. The first-order chi connectivity index (χ1) is 13.6. The Labute approximate surface area is 162 Å². The number of aryl methyl sites for hydroxylation is 2. The molecule has 0 saturated carbocycles. The van der Waals surface area contributed by atoms with Crippen LogP contribution in [0.25, 0.3) is 22.2 Å². The van der Waals surface area contributed by atoms with Crippen molar-refractivity contribution >= 4 is 23.0 Å². The summed E-state index contributed by atoms with van der Waals surface area (Å²) < 4.78 is 5.42. The van der Waals surface area contributed by atoms with E-state index in [0.29, 0.717) is 11.3 Å². The molecule has 0 fully saturated rings. The molecule has 0 saturated heterocycles. The Kier molecular flexibility index (Phi) is 4.72. The smallest absolute Gasteiger partial charge is 0.272 e. The molecule has 0 aliphatic carbocycles. The molecule has 4 rings (SSSR count). The van der Waals surface area contributed by atoms with E-state index in [1.54, 1.807) is 12.1 Å². The van der Waals surface area contributed by atoms with Gasteiger partial charge in [0.05, 0.1) is 23.0 Å². The molecule has 0 aliphatic rings. The SMILES string of the molecule is Cc1ccc(-c2cc(C(=O)NN=Cc3ccc(C)o3)c3ccccc3n2)cc1. The van der Waals surface area contributed by atoms with Gasteiger partial charge >= 0.3 is 0 Å². The zero-order chi connectivity index (χ0) is 19.5. The summed E-state index contributed by atoms with van der Waals surface area (Å²) in [4.78, 5) is 17.5. The van der Waals surface area contributed by atoms with Gasteiger partial charge in [0, 0.05) is 10.9 Å². The van der Waals surface area contributed by atoms with Crippen LogP contribution in [0.3, 0.4) is 0 Å². The van der Waals surface area contributed by atoms with E-state index in [0.717, 1.165) is 27.9 Å². The monoisotopic (exact) mass is 369 g/mol. The fourth-order valence-corrected chi connectivity index (χ4v) is 2.97. The molecule has 0 atom stereocenters. The predicted octanol–water partition coefficient (Wildman–Crippen LogP) is 4.88. The Hall–Kier alpha value is -3.73. The van der Waals surface area contributed by atoms with Crippen LogP contribution in [-0.4, -0.2) is 17.1 Å². The van der Waals surface area contributed by atoms with Gasteiger partial charge in [-0.1, -0.05) is 48.0 Å². The summed E-state index contributed by atoms with van der Waals surface area (Å²) in [5, 5.41) is 4.79. The Morgan fingerprint density at radius 3 is 2.57 bits per heavy atom. The second-order valence-corrected chi connectivity index (χ2v) is 6.59. The number of aromatic nitrogens is 1. The number of carbonyl (C=O) groups is 1. The summed E-state index contributed by atoms with van der Waals surface area (Å²) in [5.41, 5.74) is 6.74. The quantitative estimate of drug-likeness (QED) is 0.412. The number of nitrogens with one attached hydrogen (secondary N) is 1. The second-order valence-electron chi connectivity index (χ2n) is 6.59. The average Bonchev–Trinajstić information content (AvgIpc) is 3.12. The topological polar surface area (TPSA) is 67.5 Å². The van der Waals surface area contributed by atoms with Crippen molar-refractivity contribution in [3.8, 4) is 11.3 Å². The first-order valence-corrected chi connectivity index (χ1v) is 8.97. The summed E-state index contributed by atoms with van der Waals surface area (Å²) in [7, 11) is 0. The molecule has 0 radical (unpaired) electrons. The van der Waals surface area contributed by atoms with Crippen LogP contribution in [-0.2, 0) is 0 Å². The van der Waals surface area contributed by atoms with Gasteiger partial charge in [0.2, 0.25) is 0 Å². The van der Waals surface area contributed by atoms with Gasteiger partial charge in [0.25, 0.3) is 5.91 Å². The fraction of sp³-hybridized carbons (Fsp3) is 0.0870. The van der Waals surface area contributed by atoms with E-state index in [4.69, 9.17) is 9.40 Å². The summed E-state index contributed by atoms with van der Waals surface area (Å²) in [6.45, 7) is 3.89. The Balaban J connectivity index is 1.69. The maximum Gasteiger partial charge on any atom is 0.272 e. The van der Waals surface area contributed by atoms with Gasteiger partial charge < -0.3 is 4.42 Å². The lowest BCUT2D eigenvalue weighted by Crippen LogP contribution is -2.18. The van der Waals surface area contributed by atoms with Crippen molar-refractivity contribution in [3.63, 3.8) is 0 Å². The Morgan fingerprint density at radius 1 is 1.04 bits per heavy atom. The van der Waals surface area contributed by atoms with Crippen molar-refractivity contribution in [1.29, 1.82) is 0 Å². The van der Waals surface area contributed by atoms with Gasteiger partial charge in [-0.25, -0.2) is 10.4 Å². The van der Waals surface area contributed by atoms with E-state index in [-0.39, 0.29) is 5.91 Å². The average molecular weight is 369 g/mol. The summed E-state index contributed by atoms with van der Waals surface area (Å²) in [5.74, 6) is 1.07. The third-order valence-corrected chi connectivity index (χ3v) is 4.43. The molecule has 2 aromatic heterocycles. The van der Waals surface area contributed by atoms with Crippen molar-refractivity contribution in [2.24, 2.45) is 5.10 Å². The summed E-state index contributed by atoms with van der Waals surface area (Å²) in [6, 6.07) is 21.1. The number of benzene rings is 2. The molecule has 4 aromatic rings. The molecular formula is C23H19N3O2. The zero-order valence-electron chi connectivity index (χ0n) is 15.6. The van der Waals surface area contributed by atoms with E-state index in [1.807, 2.05) is 68.4 Å². The van der Waals surface area contributed by atoms with Gasteiger partial charge in [-0.3, -0.25) is 4.79 Å². The minimum atomic E-state index is -0.300. The number of furan rings is 1. The summed E-state index contributed by atoms with van der Waals surface area (Å²) in [6.07, 6.45) is 1.48. The molecule has 0 bridgehead atoms. The highest BCUT2D eigenvalue weighted by Gasteiger charge is 2.13. The van der Waals surface area contributed by atoms with Crippen LogP contribution in [0, 0.1) is 13.8 Å². The molecule has 2 aromatic carbocycles. The minimum absolute atomic E-state index is 0.300. The second kappa shape index (κ2) is 7.48. The van der Waals surface area contributed by atoms with Crippen LogP contribution in [0.2, 0.25) is 0 Å². The van der Waals surface area contributed by atoms with Gasteiger partial charge in [-0.2, -0.15) is 5.10 Å². The number of hydrogen-bond donors (Lipinski definition) is 1. The first kappa shape index (κ1) is 17.7. The van der Waals surface area contributed by atoms with Crippen molar-refractivity contribution in [2.75, 3.05) is 0 Å². The molecule has 1 N–H and O–H groups in total. The molecule has 2 heterocycles. The molecular weight excluding hydrogens is 350 g/mol. The van der Waals surface area contributed by atoms with Crippen molar-refractivity contribution in [3.05, 3.63) is 89.4 Å². The molecule has 0 spiro atoms. The number of hydrogen-bond acceptors (Lipinski definition) is 4. The zero-order valence-corrected chi connectivity index (χ0v) is 15.6. The van der Waals surface area contributed by atoms with E-state index in [2.05, 4.69) is 10.5 Å². The number of nitrogens with zero attached hydrogens (tertiary/aromatic N) is 2. The highest BCUT2D eigenvalue weighted by Crippen LogP contribution is 2.25. The number of pyridine rings is 1. The molecule has 28 heavy (non-hydrogen) atoms. The van der Waals surface area contributed by atoms with Crippen molar-refractivity contribution < 1.29 is 9.21 Å². The maximum atomic E-state index is 12.8. The molecule has 0 unspecified atom stereocenters. The fourth-order valence-electron chi connectivity index (χ4n) is 2.97. The number of hydrazone groups is 1. The van der Waals surface area contributed by atoms with E-state index in [9.17, 15) is 4.79 Å². The van der Waals surface area contributed by atoms with Crippen LogP contribution < -0.4 is 5.43 Å². The van der Waals surface area contributed by atoms with Crippen LogP contribution in [0.5, 0.6) is 0 Å². The predicted molar refractivity (Wildman–Crippen MR) is 110 cm³/mol. The van der Waals surface area contributed by atoms with Crippen LogP contribution in [0.15, 0.2) is 76.2 Å². The largest absolute Gasteiger partial charge is 0.460 e. The normalized spacial score (nSPS) is 11.2. The van der Waals surface area contributed by atoms with Gasteiger partial charge in [0.15, 0.2) is 0 Å². The molecule has 5 heteroatoms. The van der Waals surface area contributed by atoms with Crippen LogP contribution in [0.4, 0.5) is 0 Å². The van der Waals surface area contributed by atoms with E-state index in [1.165, 1.54) is 11.8 Å². The van der Waals surface area contributed by atoms with Crippen molar-refractivity contribution in [2.45, 2.75) is 13.8 Å². The number of fused-ring (bicyclic) bond motifs is 1.